The van der Waals surface area contributed by atoms with Crippen LogP contribution in [0.15, 0.2) is 11.8 Å². The lowest BCUT2D eigenvalue weighted by Gasteiger charge is -2.12. The maximum Gasteiger partial charge on any atom is 0.331 e. The van der Waals surface area contributed by atoms with Crippen LogP contribution < -0.4 is 0 Å². The van der Waals surface area contributed by atoms with Gasteiger partial charge in [-0.3, -0.25) is 4.79 Å². The molecule has 0 aliphatic carbocycles. The molecule has 1 unspecified atom stereocenters. The summed E-state index contributed by atoms with van der Waals surface area (Å²) in [7, 11) is 0. The number of carboxylic acid groups (broad SMARTS) is 1. The summed E-state index contributed by atoms with van der Waals surface area (Å²) in [6.07, 6.45) is 22.8. The first-order valence-corrected chi connectivity index (χ1v) is 13.8. The van der Waals surface area contributed by atoms with Gasteiger partial charge in [-0.25, -0.2) is 4.79 Å². The normalized spacial score (nSPS) is 12.6. The average molecular weight is 469 g/mol. The van der Waals surface area contributed by atoms with Crippen molar-refractivity contribution in [1.29, 1.82) is 0 Å². The SMILES string of the molecule is CCCCCCCCCCCCCC(O)CC(=O)OC(=CC(=O)O)CCCCCCCCC. The van der Waals surface area contributed by atoms with Crippen LogP contribution in [0.2, 0.25) is 0 Å². The maximum atomic E-state index is 12.1. The molecular formula is C28H52O5. The number of ether oxygens (including phenoxy) is 1. The minimum atomic E-state index is -1.11. The molecular weight excluding hydrogens is 416 g/mol. The molecule has 2 N–H and O–H groups in total. The van der Waals surface area contributed by atoms with Crippen molar-refractivity contribution < 1.29 is 24.5 Å². The molecule has 0 radical (unpaired) electrons. The van der Waals surface area contributed by atoms with E-state index in [9.17, 15) is 14.7 Å². The zero-order valence-electron chi connectivity index (χ0n) is 21.6. The van der Waals surface area contributed by atoms with Gasteiger partial charge in [0.15, 0.2) is 0 Å². The smallest absolute Gasteiger partial charge is 0.331 e. The van der Waals surface area contributed by atoms with Crippen LogP contribution in [0, 0.1) is 0 Å². The predicted octanol–water partition coefficient (Wildman–Crippen LogP) is 8.09. The molecule has 0 fully saturated rings. The monoisotopic (exact) mass is 468 g/mol. The van der Waals surface area contributed by atoms with Crippen LogP contribution in [0.1, 0.15) is 149 Å². The Morgan fingerprint density at radius 2 is 1.12 bits per heavy atom. The number of carbonyl (C=O) groups is 2. The fourth-order valence-electron chi connectivity index (χ4n) is 4.07. The van der Waals surface area contributed by atoms with Crippen molar-refractivity contribution in [2.75, 3.05) is 0 Å². The maximum absolute atomic E-state index is 12.1. The Balaban J connectivity index is 3.88. The first-order valence-electron chi connectivity index (χ1n) is 13.8. The minimum Gasteiger partial charge on any atom is -0.478 e. The highest BCUT2D eigenvalue weighted by atomic mass is 16.5. The van der Waals surface area contributed by atoms with E-state index < -0.39 is 18.0 Å². The Morgan fingerprint density at radius 3 is 1.58 bits per heavy atom. The van der Waals surface area contributed by atoms with Gasteiger partial charge in [-0.05, 0) is 12.8 Å². The van der Waals surface area contributed by atoms with Crippen LogP contribution in [0.4, 0.5) is 0 Å². The number of hydrogen-bond acceptors (Lipinski definition) is 4. The van der Waals surface area contributed by atoms with Crippen LogP contribution >= 0.6 is 0 Å². The number of aliphatic hydroxyl groups is 1. The van der Waals surface area contributed by atoms with Crippen molar-refractivity contribution in [3.63, 3.8) is 0 Å². The lowest BCUT2D eigenvalue weighted by atomic mass is 10.0. The zero-order chi connectivity index (χ0) is 24.6. The van der Waals surface area contributed by atoms with Crippen LogP contribution in [0.5, 0.6) is 0 Å². The largest absolute Gasteiger partial charge is 0.478 e. The third-order valence-electron chi connectivity index (χ3n) is 6.10. The molecule has 0 aromatic heterocycles. The third kappa shape index (κ3) is 23.6. The van der Waals surface area contributed by atoms with Gasteiger partial charge in [0, 0.05) is 6.42 Å². The highest BCUT2D eigenvalue weighted by Crippen LogP contribution is 2.16. The van der Waals surface area contributed by atoms with Crippen LogP contribution in [-0.2, 0) is 14.3 Å². The molecule has 194 valence electrons. The van der Waals surface area contributed by atoms with Gasteiger partial charge in [-0.1, -0.05) is 123 Å². The molecule has 5 nitrogen and oxygen atoms in total. The summed E-state index contributed by atoms with van der Waals surface area (Å²) in [6, 6.07) is 0. The second-order valence-electron chi connectivity index (χ2n) is 9.48. The van der Waals surface area contributed by atoms with Gasteiger partial charge in [0.2, 0.25) is 0 Å². The minimum absolute atomic E-state index is 0.0776. The van der Waals surface area contributed by atoms with E-state index in [0.29, 0.717) is 12.8 Å². The number of esters is 1. The van der Waals surface area contributed by atoms with Crippen molar-refractivity contribution in [1.82, 2.24) is 0 Å². The standard InChI is InChI=1S/C28H52O5/c1-3-5-7-9-11-12-13-14-16-17-19-21-25(29)23-28(32)33-26(24-27(30)31)22-20-18-15-10-8-6-4-2/h24-25,29H,3-23H2,1-2H3,(H,30,31). The van der Waals surface area contributed by atoms with Gasteiger partial charge >= 0.3 is 11.9 Å². The number of unbranched alkanes of at least 4 members (excludes halogenated alkanes) is 16. The Hall–Kier alpha value is -1.36. The van der Waals surface area contributed by atoms with E-state index in [1.54, 1.807) is 0 Å². The van der Waals surface area contributed by atoms with E-state index in [2.05, 4.69) is 13.8 Å². The summed E-state index contributed by atoms with van der Waals surface area (Å²) in [6.45, 7) is 4.43. The van der Waals surface area contributed by atoms with Crippen molar-refractivity contribution in [2.24, 2.45) is 0 Å². The summed E-state index contributed by atoms with van der Waals surface area (Å²) in [4.78, 5) is 23.2. The molecule has 0 saturated heterocycles. The summed E-state index contributed by atoms with van der Waals surface area (Å²) >= 11 is 0. The first-order chi connectivity index (χ1) is 16.0. The molecule has 0 amide bonds. The predicted molar refractivity (Wildman–Crippen MR) is 136 cm³/mol. The Kier molecular flexibility index (Phi) is 22.8. The molecule has 33 heavy (non-hydrogen) atoms. The van der Waals surface area contributed by atoms with Gasteiger partial charge < -0.3 is 14.9 Å². The molecule has 0 aromatic rings. The quantitative estimate of drug-likeness (QED) is 0.0647. The second-order valence-corrected chi connectivity index (χ2v) is 9.48. The molecule has 0 saturated carbocycles. The molecule has 0 aliphatic rings. The van der Waals surface area contributed by atoms with Gasteiger partial charge in [-0.15, -0.1) is 0 Å². The Bertz CT molecular complexity index is 501. The fraction of sp³-hybridized carbons (Fsp3) is 0.857. The van der Waals surface area contributed by atoms with Gasteiger partial charge in [0.1, 0.15) is 5.76 Å². The third-order valence-corrected chi connectivity index (χ3v) is 6.10. The van der Waals surface area contributed by atoms with Crippen LogP contribution in [-0.4, -0.2) is 28.3 Å². The molecule has 1 atom stereocenters. The lowest BCUT2D eigenvalue weighted by Crippen LogP contribution is -2.16. The molecule has 5 heteroatoms. The fourth-order valence-corrected chi connectivity index (χ4v) is 4.07. The number of rotatable bonds is 24. The molecule has 0 heterocycles. The number of aliphatic hydroxyl groups excluding tert-OH is 1. The van der Waals surface area contributed by atoms with E-state index in [4.69, 9.17) is 9.84 Å². The van der Waals surface area contributed by atoms with Crippen molar-refractivity contribution in [3.8, 4) is 0 Å². The average Bonchev–Trinajstić information content (AvgIpc) is 2.76. The van der Waals surface area contributed by atoms with E-state index in [0.717, 1.165) is 38.2 Å². The Morgan fingerprint density at radius 1 is 0.697 bits per heavy atom. The van der Waals surface area contributed by atoms with Crippen LogP contribution in [0.3, 0.4) is 0 Å². The van der Waals surface area contributed by atoms with Crippen LogP contribution in [0.25, 0.3) is 0 Å². The highest BCUT2D eigenvalue weighted by molar-refractivity contribution is 5.81. The summed E-state index contributed by atoms with van der Waals surface area (Å²) in [5.41, 5.74) is 0. The summed E-state index contributed by atoms with van der Waals surface area (Å²) in [5, 5.41) is 19.2. The topological polar surface area (TPSA) is 83.8 Å². The highest BCUT2D eigenvalue weighted by Gasteiger charge is 2.14. The number of hydrogen-bond donors (Lipinski definition) is 2. The van der Waals surface area contributed by atoms with Crippen molar-refractivity contribution in [3.05, 3.63) is 11.8 Å². The van der Waals surface area contributed by atoms with E-state index in [1.165, 1.54) is 83.5 Å². The number of aliphatic carboxylic acids is 1. The summed E-state index contributed by atoms with van der Waals surface area (Å²) in [5.74, 6) is -1.45. The molecule has 0 aliphatic heterocycles. The number of allylic oxidation sites excluding steroid dienone is 1. The van der Waals surface area contributed by atoms with Gasteiger partial charge in [0.05, 0.1) is 18.6 Å². The first kappa shape index (κ1) is 31.6. The molecule has 0 spiro atoms. The van der Waals surface area contributed by atoms with E-state index in [1.807, 2.05) is 0 Å². The molecule has 0 bridgehead atoms. The van der Waals surface area contributed by atoms with E-state index >= 15 is 0 Å². The number of carboxylic acids is 1. The molecule has 0 aromatic carbocycles. The second kappa shape index (κ2) is 23.8. The lowest BCUT2D eigenvalue weighted by molar-refractivity contribution is -0.142. The Labute approximate surface area is 203 Å². The number of carbonyl (C=O) groups excluding carboxylic acids is 1. The zero-order valence-corrected chi connectivity index (χ0v) is 21.6. The summed E-state index contributed by atoms with van der Waals surface area (Å²) < 4.78 is 5.27. The molecule has 0 rings (SSSR count). The van der Waals surface area contributed by atoms with Gasteiger partial charge in [-0.2, -0.15) is 0 Å². The van der Waals surface area contributed by atoms with Gasteiger partial charge in [0.25, 0.3) is 0 Å². The van der Waals surface area contributed by atoms with Crippen molar-refractivity contribution >= 4 is 11.9 Å². The van der Waals surface area contributed by atoms with E-state index in [-0.39, 0.29) is 12.2 Å². The van der Waals surface area contributed by atoms with Crippen molar-refractivity contribution in [2.45, 2.75) is 155 Å².